The van der Waals surface area contributed by atoms with Gasteiger partial charge in [-0.1, -0.05) is 6.92 Å². The van der Waals surface area contributed by atoms with Crippen LogP contribution in [0.4, 0.5) is 11.6 Å². The van der Waals surface area contributed by atoms with E-state index in [4.69, 9.17) is 9.47 Å². The molecule has 0 aliphatic heterocycles. The van der Waals surface area contributed by atoms with E-state index in [1.54, 1.807) is 20.5 Å². The van der Waals surface area contributed by atoms with Gasteiger partial charge in [0.15, 0.2) is 0 Å². The molecule has 0 fully saturated rings. The van der Waals surface area contributed by atoms with E-state index >= 15 is 0 Å². The van der Waals surface area contributed by atoms with Crippen LogP contribution in [0.2, 0.25) is 0 Å². The Bertz CT molecular complexity index is 360. The van der Waals surface area contributed by atoms with Gasteiger partial charge in [0.1, 0.15) is 18.0 Å². The molecule has 1 atom stereocenters. The molecule has 1 heterocycles. The summed E-state index contributed by atoms with van der Waals surface area (Å²) in [4.78, 5) is 8.46. The van der Waals surface area contributed by atoms with Gasteiger partial charge in [-0.2, -0.15) is 0 Å². The smallest absolute Gasteiger partial charge is 0.134 e. The van der Waals surface area contributed by atoms with Gasteiger partial charge >= 0.3 is 0 Å². The van der Waals surface area contributed by atoms with Gasteiger partial charge in [-0.15, -0.1) is 0 Å². The molecule has 6 nitrogen and oxygen atoms in total. The highest BCUT2D eigenvalue weighted by Crippen LogP contribution is 2.19. The average Bonchev–Trinajstić information content (AvgIpc) is 2.42. The van der Waals surface area contributed by atoms with E-state index < -0.39 is 0 Å². The Morgan fingerprint density at radius 1 is 1.28 bits per heavy atom. The van der Waals surface area contributed by atoms with Crippen molar-refractivity contribution in [2.75, 3.05) is 45.1 Å². The standard InChI is InChI=1S/C12H22N4O2/c1-5-10-11(13-2)15-8-16-12(10)14-6-9(18-4)7-17-3/h8-9H,5-7H2,1-4H3,(H2,13,14,15,16). The number of methoxy groups -OCH3 is 2. The van der Waals surface area contributed by atoms with E-state index in [9.17, 15) is 0 Å². The molecule has 6 heteroatoms. The molecular formula is C12H22N4O2. The molecule has 0 bridgehead atoms. The van der Waals surface area contributed by atoms with Gasteiger partial charge in [-0.25, -0.2) is 9.97 Å². The molecule has 102 valence electrons. The second kappa shape index (κ2) is 7.84. The van der Waals surface area contributed by atoms with E-state index in [-0.39, 0.29) is 6.10 Å². The quantitative estimate of drug-likeness (QED) is 0.725. The summed E-state index contributed by atoms with van der Waals surface area (Å²) in [7, 11) is 5.19. The number of hydrogen-bond acceptors (Lipinski definition) is 6. The van der Waals surface area contributed by atoms with E-state index in [1.807, 2.05) is 7.05 Å². The van der Waals surface area contributed by atoms with Crippen LogP contribution in [0, 0.1) is 0 Å². The predicted octanol–water partition coefficient (Wildman–Crippen LogP) is 1.15. The van der Waals surface area contributed by atoms with E-state index in [1.165, 1.54) is 0 Å². The summed E-state index contributed by atoms with van der Waals surface area (Å²) in [5.41, 5.74) is 1.08. The van der Waals surface area contributed by atoms with Gasteiger partial charge in [0.05, 0.1) is 12.7 Å². The van der Waals surface area contributed by atoms with Crippen LogP contribution in [-0.4, -0.2) is 50.5 Å². The van der Waals surface area contributed by atoms with Crippen LogP contribution in [0.15, 0.2) is 6.33 Å². The lowest BCUT2D eigenvalue weighted by Crippen LogP contribution is -2.27. The maximum atomic E-state index is 5.30. The highest BCUT2D eigenvalue weighted by atomic mass is 16.5. The second-order valence-electron chi connectivity index (χ2n) is 3.85. The topological polar surface area (TPSA) is 68.3 Å². The van der Waals surface area contributed by atoms with Crippen LogP contribution in [-0.2, 0) is 15.9 Å². The summed E-state index contributed by atoms with van der Waals surface area (Å²) in [6, 6.07) is 0. The molecule has 0 aromatic carbocycles. The third kappa shape index (κ3) is 3.82. The molecule has 1 rings (SSSR count). The Morgan fingerprint density at radius 2 is 2.00 bits per heavy atom. The summed E-state index contributed by atoms with van der Waals surface area (Å²) in [6.07, 6.45) is 2.42. The first kappa shape index (κ1) is 14.7. The van der Waals surface area contributed by atoms with E-state index in [2.05, 4.69) is 27.5 Å². The number of hydrogen-bond donors (Lipinski definition) is 2. The molecule has 0 aliphatic carbocycles. The number of nitrogens with zero attached hydrogens (tertiary/aromatic N) is 2. The number of nitrogens with one attached hydrogen (secondary N) is 2. The Labute approximate surface area is 108 Å². The van der Waals surface area contributed by atoms with Crippen LogP contribution in [0.1, 0.15) is 12.5 Å². The lowest BCUT2D eigenvalue weighted by atomic mass is 10.2. The molecule has 0 saturated carbocycles. The first-order valence-electron chi connectivity index (χ1n) is 6.04. The van der Waals surface area contributed by atoms with E-state index in [0.717, 1.165) is 23.6 Å². The number of anilines is 2. The molecule has 0 saturated heterocycles. The molecule has 0 spiro atoms. The highest BCUT2D eigenvalue weighted by Gasteiger charge is 2.11. The summed E-state index contributed by atoms with van der Waals surface area (Å²) in [5, 5.41) is 6.35. The van der Waals surface area contributed by atoms with Gasteiger partial charge in [0.2, 0.25) is 0 Å². The normalized spacial score (nSPS) is 12.2. The van der Waals surface area contributed by atoms with Crippen molar-refractivity contribution in [3.05, 3.63) is 11.9 Å². The number of ether oxygens (including phenoxy) is 2. The highest BCUT2D eigenvalue weighted by molar-refractivity contribution is 5.57. The van der Waals surface area contributed by atoms with Crippen molar-refractivity contribution in [3.8, 4) is 0 Å². The molecule has 0 radical (unpaired) electrons. The first-order chi connectivity index (χ1) is 8.76. The summed E-state index contributed by atoms with van der Waals surface area (Å²) < 4.78 is 10.4. The van der Waals surface area contributed by atoms with Crippen LogP contribution in [0.5, 0.6) is 0 Å². The van der Waals surface area contributed by atoms with Gasteiger partial charge in [0.25, 0.3) is 0 Å². The lowest BCUT2D eigenvalue weighted by molar-refractivity contribution is 0.0365. The molecule has 18 heavy (non-hydrogen) atoms. The minimum absolute atomic E-state index is 0.00714. The zero-order chi connectivity index (χ0) is 13.4. The van der Waals surface area contributed by atoms with Crippen molar-refractivity contribution in [3.63, 3.8) is 0 Å². The lowest BCUT2D eigenvalue weighted by Gasteiger charge is -2.17. The van der Waals surface area contributed by atoms with Gasteiger partial charge < -0.3 is 20.1 Å². The van der Waals surface area contributed by atoms with Crippen LogP contribution < -0.4 is 10.6 Å². The molecule has 0 amide bonds. The van der Waals surface area contributed by atoms with Crippen molar-refractivity contribution in [1.29, 1.82) is 0 Å². The maximum absolute atomic E-state index is 5.30. The molecule has 1 aromatic rings. The third-order valence-electron chi connectivity index (χ3n) is 2.72. The van der Waals surface area contributed by atoms with Gasteiger partial charge in [-0.3, -0.25) is 0 Å². The van der Waals surface area contributed by atoms with Crippen molar-refractivity contribution in [2.45, 2.75) is 19.4 Å². The van der Waals surface area contributed by atoms with Crippen molar-refractivity contribution in [2.24, 2.45) is 0 Å². The summed E-state index contributed by atoms with van der Waals surface area (Å²) >= 11 is 0. The Morgan fingerprint density at radius 3 is 2.56 bits per heavy atom. The average molecular weight is 254 g/mol. The fraction of sp³-hybridized carbons (Fsp3) is 0.667. The zero-order valence-electron chi connectivity index (χ0n) is 11.5. The molecular weight excluding hydrogens is 232 g/mol. The van der Waals surface area contributed by atoms with Crippen LogP contribution >= 0.6 is 0 Å². The third-order valence-corrected chi connectivity index (χ3v) is 2.72. The van der Waals surface area contributed by atoms with Crippen molar-refractivity contribution < 1.29 is 9.47 Å². The first-order valence-corrected chi connectivity index (χ1v) is 6.04. The van der Waals surface area contributed by atoms with Crippen molar-refractivity contribution in [1.82, 2.24) is 9.97 Å². The Balaban J connectivity index is 2.71. The Hall–Kier alpha value is -1.40. The van der Waals surface area contributed by atoms with Crippen molar-refractivity contribution >= 4 is 11.6 Å². The monoisotopic (exact) mass is 254 g/mol. The number of rotatable bonds is 8. The molecule has 1 aromatic heterocycles. The van der Waals surface area contributed by atoms with Crippen LogP contribution in [0.25, 0.3) is 0 Å². The maximum Gasteiger partial charge on any atom is 0.134 e. The second-order valence-corrected chi connectivity index (χ2v) is 3.85. The largest absolute Gasteiger partial charge is 0.382 e. The minimum atomic E-state index is 0.00714. The predicted molar refractivity (Wildman–Crippen MR) is 72.1 cm³/mol. The molecule has 0 aliphatic rings. The van der Waals surface area contributed by atoms with Crippen LogP contribution in [0.3, 0.4) is 0 Å². The zero-order valence-corrected chi connectivity index (χ0v) is 11.5. The number of aromatic nitrogens is 2. The SMILES string of the molecule is CCc1c(NC)ncnc1NCC(COC)OC. The van der Waals surface area contributed by atoms with E-state index in [0.29, 0.717) is 13.2 Å². The summed E-state index contributed by atoms with van der Waals surface area (Å²) in [6.45, 7) is 3.28. The molecule has 1 unspecified atom stereocenters. The fourth-order valence-corrected chi connectivity index (χ4v) is 1.72. The summed E-state index contributed by atoms with van der Waals surface area (Å²) in [5.74, 6) is 1.70. The van der Waals surface area contributed by atoms with Gasteiger partial charge in [0, 0.05) is 33.4 Å². The Kier molecular flexibility index (Phi) is 6.38. The minimum Gasteiger partial charge on any atom is -0.382 e. The van der Waals surface area contributed by atoms with Gasteiger partial charge in [-0.05, 0) is 6.42 Å². The fourth-order valence-electron chi connectivity index (χ4n) is 1.72. The molecule has 2 N–H and O–H groups in total.